The maximum absolute atomic E-state index is 6.08. The van der Waals surface area contributed by atoms with Gasteiger partial charge in [-0.1, -0.05) is 25.5 Å². The van der Waals surface area contributed by atoms with Gasteiger partial charge < -0.3 is 4.74 Å². The Kier molecular flexibility index (Phi) is 2.82. The van der Waals surface area contributed by atoms with E-state index in [1.165, 1.54) is 5.56 Å². The van der Waals surface area contributed by atoms with Gasteiger partial charge >= 0.3 is 0 Å². The zero-order valence-electron chi connectivity index (χ0n) is 11.6. The van der Waals surface area contributed by atoms with Crippen molar-refractivity contribution in [1.29, 1.82) is 0 Å². The van der Waals surface area contributed by atoms with Gasteiger partial charge in [-0.15, -0.1) is 0 Å². The molecule has 0 aliphatic carbocycles. The topological polar surface area (TPSA) is 35.0 Å². The van der Waals surface area contributed by atoms with Gasteiger partial charge in [0.25, 0.3) is 0 Å². The van der Waals surface area contributed by atoms with Gasteiger partial charge in [0.15, 0.2) is 0 Å². The molecule has 1 aliphatic heterocycles. The fraction of sp³-hybridized carbons (Fsp3) is 0.176. The van der Waals surface area contributed by atoms with E-state index in [9.17, 15) is 0 Å². The van der Waals surface area contributed by atoms with Gasteiger partial charge in [-0.3, -0.25) is 0 Å². The van der Waals surface area contributed by atoms with Gasteiger partial charge in [-0.2, -0.15) is 0 Å². The summed E-state index contributed by atoms with van der Waals surface area (Å²) in [5.74, 6) is 1.61. The minimum atomic E-state index is 0.267. The molecule has 0 amide bonds. The maximum atomic E-state index is 6.08. The van der Waals surface area contributed by atoms with Crippen molar-refractivity contribution in [2.24, 2.45) is 0 Å². The number of ether oxygens (including phenoxy) is 1. The fourth-order valence-corrected chi connectivity index (χ4v) is 2.99. The lowest BCUT2D eigenvalue weighted by Gasteiger charge is -2.20. The summed E-state index contributed by atoms with van der Waals surface area (Å²) in [6.45, 7) is 2.17. The number of rotatable bonds is 2. The molecule has 3 nitrogen and oxygen atoms in total. The van der Waals surface area contributed by atoms with Crippen LogP contribution in [0.1, 0.15) is 18.9 Å². The summed E-state index contributed by atoms with van der Waals surface area (Å²) < 4.78 is 6.00. The van der Waals surface area contributed by atoms with Crippen LogP contribution in [0.4, 0.5) is 0 Å². The lowest BCUT2D eigenvalue weighted by atomic mass is 9.98. The van der Waals surface area contributed by atoms with Crippen LogP contribution >= 0.6 is 11.6 Å². The molecule has 2 aromatic carbocycles. The first-order chi connectivity index (χ1) is 10.3. The number of hydrogen-bond donors (Lipinski definition) is 0. The second kappa shape index (κ2) is 4.71. The van der Waals surface area contributed by atoms with Gasteiger partial charge in [0, 0.05) is 5.56 Å². The number of aryl methyl sites for hydroxylation is 1. The molecule has 0 saturated heterocycles. The maximum Gasteiger partial charge on any atom is 0.223 e. The highest BCUT2D eigenvalue weighted by molar-refractivity contribution is 6.29. The molecule has 104 valence electrons. The Morgan fingerprint density at radius 3 is 2.86 bits per heavy atom. The molecule has 3 aromatic rings. The monoisotopic (exact) mass is 296 g/mol. The third-order valence-corrected chi connectivity index (χ3v) is 3.88. The van der Waals surface area contributed by atoms with Crippen molar-refractivity contribution >= 4 is 22.5 Å². The molecule has 0 unspecified atom stereocenters. The molecule has 0 spiro atoms. The first-order valence-corrected chi connectivity index (χ1v) is 7.41. The van der Waals surface area contributed by atoms with Crippen LogP contribution in [0.3, 0.4) is 0 Å². The highest BCUT2D eigenvalue weighted by Crippen LogP contribution is 2.45. The summed E-state index contributed by atoms with van der Waals surface area (Å²) in [7, 11) is 0. The van der Waals surface area contributed by atoms with Crippen molar-refractivity contribution in [2.75, 3.05) is 0 Å². The lowest BCUT2D eigenvalue weighted by Crippen LogP contribution is -2.01. The van der Waals surface area contributed by atoms with Crippen LogP contribution in [0, 0.1) is 0 Å². The second-order valence-electron chi connectivity index (χ2n) is 5.17. The normalized spacial score (nSPS) is 12.1. The van der Waals surface area contributed by atoms with E-state index in [4.69, 9.17) is 16.3 Å². The third kappa shape index (κ3) is 1.96. The number of aromatic nitrogens is 2. The Hall–Kier alpha value is -2.13. The minimum absolute atomic E-state index is 0.267. The van der Waals surface area contributed by atoms with Crippen molar-refractivity contribution in [3.8, 4) is 22.8 Å². The predicted molar refractivity (Wildman–Crippen MR) is 84.1 cm³/mol. The van der Waals surface area contributed by atoms with E-state index in [1.807, 2.05) is 24.3 Å². The van der Waals surface area contributed by atoms with Crippen molar-refractivity contribution in [2.45, 2.75) is 19.8 Å². The molecule has 4 heteroatoms. The molecule has 0 saturated carbocycles. The van der Waals surface area contributed by atoms with Crippen molar-refractivity contribution in [3.05, 3.63) is 47.2 Å². The van der Waals surface area contributed by atoms with Crippen molar-refractivity contribution in [3.63, 3.8) is 0 Å². The van der Waals surface area contributed by atoms with Gasteiger partial charge in [-0.05, 0) is 47.9 Å². The smallest absolute Gasteiger partial charge is 0.223 e. The number of hydrogen-bond acceptors (Lipinski definition) is 3. The van der Waals surface area contributed by atoms with Crippen LogP contribution in [0.25, 0.3) is 22.2 Å². The zero-order valence-corrected chi connectivity index (χ0v) is 12.3. The summed E-state index contributed by atoms with van der Waals surface area (Å²) in [5.41, 5.74) is 3.95. The highest BCUT2D eigenvalue weighted by atomic mass is 35.5. The van der Waals surface area contributed by atoms with Gasteiger partial charge in [0.05, 0.1) is 16.6 Å². The van der Waals surface area contributed by atoms with Crippen molar-refractivity contribution in [1.82, 2.24) is 9.97 Å². The first-order valence-electron chi connectivity index (χ1n) is 7.03. The Balaban J connectivity index is 2.05. The van der Waals surface area contributed by atoms with E-state index >= 15 is 0 Å². The first kappa shape index (κ1) is 12.6. The Morgan fingerprint density at radius 2 is 2.00 bits per heavy atom. The Labute approximate surface area is 127 Å². The Morgan fingerprint density at radius 1 is 1.10 bits per heavy atom. The van der Waals surface area contributed by atoms with Crippen LogP contribution in [0.5, 0.6) is 11.5 Å². The molecular formula is C17H13ClN2O. The van der Waals surface area contributed by atoms with Crippen LogP contribution < -0.4 is 4.74 Å². The summed E-state index contributed by atoms with van der Waals surface area (Å²) in [6, 6.07) is 12.1. The van der Waals surface area contributed by atoms with Gasteiger partial charge in [0.1, 0.15) is 11.5 Å². The Bertz CT molecular complexity index is 861. The van der Waals surface area contributed by atoms with Crippen LogP contribution in [-0.4, -0.2) is 9.97 Å². The molecule has 0 atom stereocenters. The van der Waals surface area contributed by atoms with Crippen LogP contribution in [0.2, 0.25) is 5.28 Å². The summed E-state index contributed by atoms with van der Waals surface area (Å²) in [6.07, 6.45) is 2.15. The molecule has 0 N–H and O–H groups in total. The zero-order chi connectivity index (χ0) is 14.4. The molecule has 0 fully saturated rings. The van der Waals surface area contributed by atoms with Crippen molar-refractivity contribution < 1.29 is 4.74 Å². The molecule has 2 heterocycles. The quantitative estimate of drug-likeness (QED) is 0.488. The standard InChI is InChI=1S/C17H13ClN2O/c1-2-4-10-7-8-13-11(9-10)16-15-12(19-17(18)20-16)5-3-6-14(15)21-13/h3,5-9H,2,4H2,1H3. The molecular weight excluding hydrogens is 284 g/mol. The average molecular weight is 297 g/mol. The largest absolute Gasteiger partial charge is 0.456 e. The number of fused-ring (bicyclic) bond motifs is 2. The van der Waals surface area contributed by atoms with Crippen LogP contribution in [-0.2, 0) is 6.42 Å². The molecule has 4 rings (SSSR count). The average Bonchev–Trinajstić information content (AvgIpc) is 2.48. The molecule has 1 aliphatic rings. The van der Waals surface area contributed by atoms with E-state index < -0.39 is 0 Å². The summed E-state index contributed by atoms with van der Waals surface area (Å²) in [4.78, 5) is 8.73. The number of benzene rings is 2. The third-order valence-electron chi connectivity index (χ3n) is 3.72. The molecule has 21 heavy (non-hydrogen) atoms. The summed E-state index contributed by atoms with van der Waals surface area (Å²) in [5, 5.41) is 1.20. The van der Waals surface area contributed by atoms with E-state index in [1.54, 1.807) is 0 Å². The van der Waals surface area contributed by atoms with Gasteiger partial charge in [-0.25, -0.2) is 9.97 Å². The minimum Gasteiger partial charge on any atom is -0.456 e. The van der Waals surface area contributed by atoms with E-state index in [-0.39, 0.29) is 5.28 Å². The second-order valence-corrected chi connectivity index (χ2v) is 5.51. The number of nitrogens with zero attached hydrogens (tertiary/aromatic N) is 2. The molecule has 0 bridgehead atoms. The number of halogens is 1. The van der Waals surface area contributed by atoms with E-state index in [0.717, 1.165) is 46.5 Å². The molecule has 0 radical (unpaired) electrons. The predicted octanol–water partition coefficient (Wildman–Crippen LogP) is 5.01. The lowest BCUT2D eigenvalue weighted by molar-refractivity contribution is 0.486. The van der Waals surface area contributed by atoms with E-state index in [2.05, 4.69) is 29.0 Å². The van der Waals surface area contributed by atoms with E-state index in [0.29, 0.717) is 0 Å². The highest BCUT2D eigenvalue weighted by Gasteiger charge is 2.22. The SMILES string of the molecule is CCCc1ccc2c(c1)-c1nc(Cl)nc3cccc(c13)O2. The molecule has 1 aromatic heterocycles. The van der Waals surface area contributed by atoms with Crippen LogP contribution in [0.15, 0.2) is 36.4 Å². The fourth-order valence-electron chi connectivity index (χ4n) is 2.82. The van der Waals surface area contributed by atoms with Gasteiger partial charge in [0.2, 0.25) is 5.28 Å². The summed E-state index contributed by atoms with van der Waals surface area (Å²) >= 11 is 6.08.